The second kappa shape index (κ2) is 9.70. The summed E-state index contributed by atoms with van der Waals surface area (Å²) < 4.78 is 15.8. The summed E-state index contributed by atoms with van der Waals surface area (Å²) in [7, 11) is 4.57. The van der Waals surface area contributed by atoms with E-state index in [0.717, 1.165) is 5.56 Å². The highest BCUT2D eigenvalue weighted by atomic mass is 16.5. The third-order valence-corrected chi connectivity index (χ3v) is 3.77. The molecule has 0 atom stereocenters. The first-order valence-electron chi connectivity index (χ1n) is 8.24. The zero-order chi connectivity index (χ0) is 19.7. The third kappa shape index (κ3) is 6.66. The van der Waals surface area contributed by atoms with Crippen LogP contribution in [-0.4, -0.2) is 43.9 Å². The molecular weight excluding hydrogens is 338 g/mol. The van der Waals surface area contributed by atoms with Crippen molar-refractivity contribution in [2.75, 3.05) is 21.3 Å². The monoisotopic (exact) mass is 365 g/mol. The molecular formula is C19H27NO6. The lowest BCUT2D eigenvalue weighted by molar-refractivity contribution is -0.137. The van der Waals surface area contributed by atoms with Gasteiger partial charge in [-0.2, -0.15) is 0 Å². The molecule has 1 aromatic carbocycles. The maximum absolute atomic E-state index is 12.2. The van der Waals surface area contributed by atoms with Crippen molar-refractivity contribution in [1.29, 1.82) is 0 Å². The van der Waals surface area contributed by atoms with Gasteiger partial charge in [-0.3, -0.25) is 9.59 Å². The van der Waals surface area contributed by atoms with E-state index < -0.39 is 11.5 Å². The van der Waals surface area contributed by atoms with E-state index in [2.05, 4.69) is 5.32 Å². The first-order valence-corrected chi connectivity index (χ1v) is 8.24. The number of carboxylic acid groups (broad SMARTS) is 1. The first kappa shape index (κ1) is 21.3. The molecule has 0 aliphatic carbocycles. The average molecular weight is 365 g/mol. The second-order valence-electron chi connectivity index (χ2n) is 6.41. The minimum Gasteiger partial charge on any atom is -0.493 e. The topological polar surface area (TPSA) is 94.1 Å². The molecule has 1 rings (SSSR count). The molecule has 0 saturated carbocycles. The first-order chi connectivity index (χ1) is 12.2. The Kier molecular flexibility index (Phi) is 7.96. The zero-order valence-corrected chi connectivity index (χ0v) is 15.9. The molecule has 0 heterocycles. The van der Waals surface area contributed by atoms with Gasteiger partial charge in [-0.1, -0.05) is 0 Å². The van der Waals surface area contributed by atoms with Gasteiger partial charge in [0, 0.05) is 18.0 Å². The quantitative estimate of drug-likeness (QED) is 0.619. The Labute approximate surface area is 153 Å². The second-order valence-corrected chi connectivity index (χ2v) is 6.41. The normalized spacial score (nSPS) is 11.3. The van der Waals surface area contributed by atoms with Crippen molar-refractivity contribution in [2.24, 2.45) is 0 Å². The van der Waals surface area contributed by atoms with Crippen molar-refractivity contribution in [3.05, 3.63) is 23.8 Å². The number of ether oxygens (including phenoxy) is 3. The molecule has 0 aromatic heterocycles. The molecule has 1 amide bonds. The van der Waals surface area contributed by atoms with Crippen molar-refractivity contribution in [3.8, 4) is 17.2 Å². The molecule has 0 unspecified atom stereocenters. The van der Waals surface area contributed by atoms with Gasteiger partial charge in [-0.05, 0) is 50.5 Å². The highest BCUT2D eigenvalue weighted by Gasteiger charge is 2.19. The maximum atomic E-state index is 12.2. The predicted molar refractivity (Wildman–Crippen MR) is 98.8 cm³/mol. The molecule has 0 saturated heterocycles. The lowest BCUT2D eigenvalue weighted by atomic mass is 9.97. The van der Waals surface area contributed by atoms with Gasteiger partial charge in [0.25, 0.3) is 0 Å². The van der Waals surface area contributed by atoms with E-state index in [9.17, 15) is 9.59 Å². The number of carbonyl (C=O) groups is 2. The Hall–Kier alpha value is -2.70. The summed E-state index contributed by atoms with van der Waals surface area (Å²) in [5.74, 6) is 0.381. The van der Waals surface area contributed by atoms with E-state index >= 15 is 0 Å². The number of carboxylic acids is 1. The van der Waals surface area contributed by atoms with Crippen LogP contribution in [0.5, 0.6) is 17.2 Å². The summed E-state index contributed by atoms with van der Waals surface area (Å²) in [6.45, 7) is 3.72. The number of benzene rings is 1. The fourth-order valence-electron chi connectivity index (χ4n) is 2.49. The maximum Gasteiger partial charge on any atom is 0.303 e. The molecule has 7 heteroatoms. The number of carbonyl (C=O) groups excluding carboxylic acids is 1. The number of hydrogen-bond acceptors (Lipinski definition) is 5. The Bertz CT molecular complexity index is 641. The molecule has 0 bridgehead atoms. The summed E-state index contributed by atoms with van der Waals surface area (Å²) in [5, 5.41) is 11.6. The molecule has 0 spiro atoms. The van der Waals surface area contributed by atoms with Crippen molar-refractivity contribution >= 4 is 18.0 Å². The fraction of sp³-hybridized carbons (Fsp3) is 0.474. The number of hydrogen-bond donors (Lipinski definition) is 2. The molecule has 0 aliphatic heterocycles. The van der Waals surface area contributed by atoms with E-state index in [0.29, 0.717) is 30.1 Å². The highest BCUT2D eigenvalue weighted by molar-refractivity contribution is 5.92. The van der Waals surface area contributed by atoms with Crippen LogP contribution in [0.3, 0.4) is 0 Å². The van der Waals surface area contributed by atoms with Crippen molar-refractivity contribution in [1.82, 2.24) is 5.32 Å². The molecule has 7 nitrogen and oxygen atoms in total. The Balaban J connectivity index is 2.80. The van der Waals surface area contributed by atoms with E-state index in [1.807, 2.05) is 13.8 Å². The van der Waals surface area contributed by atoms with Crippen molar-refractivity contribution < 1.29 is 28.9 Å². The van der Waals surface area contributed by atoms with Crippen LogP contribution in [0.15, 0.2) is 18.2 Å². The van der Waals surface area contributed by atoms with Gasteiger partial charge < -0.3 is 24.6 Å². The van der Waals surface area contributed by atoms with E-state index in [1.165, 1.54) is 27.4 Å². The number of methoxy groups -OCH3 is 3. The smallest absolute Gasteiger partial charge is 0.303 e. The molecule has 1 aromatic rings. The van der Waals surface area contributed by atoms with E-state index in [1.54, 1.807) is 18.2 Å². The van der Waals surface area contributed by atoms with Gasteiger partial charge in [0.15, 0.2) is 11.5 Å². The van der Waals surface area contributed by atoms with E-state index in [-0.39, 0.29) is 12.3 Å². The van der Waals surface area contributed by atoms with Crippen LogP contribution in [-0.2, 0) is 9.59 Å². The van der Waals surface area contributed by atoms with Gasteiger partial charge >= 0.3 is 5.97 Å². The van der Waals surface area contributed by atoms with Gasteiger partial charge in [0.1, 0.15) is 0 Å². The molecule has 0 aliphatic rings. The Morgan fingerprint density at radius 2 is 1.69 bits per heavy atom. The van der Waals surface area contributed by atoms with Crippen LogP contribution in [0.2, 0.25) is 0 Å². The van der Waals surface area contributed by atoms with Crippen LogP contribution in [0.1, 0.15) is 38.7 Å². The van der Waals surface area contributed by atoms with Gasteiger partial charge in [0.05, 0.1) is 21.3 Å². The number of rotatable bonds is 10. The molecule has 0 fully saturated rings. The SMILES string of the molecule is COc1cc(C=CC(=O)NC(C)(C)CCCC(=O)O)cc(OC)c1OC. The van der Waals surface area contributed by atoms with Crippen LogP contribution in [0, 0.1) is 0 Å². The highest BCUT2D eigenvalue weighted by Crippen LogP contribution is 2.38. The number of nitrogens with one attached hydrogen (secondary N) is 1. The largest absolute Gasteiger partial charge is 0.493 e. The molecule has 26 heavy (non-hydrogen) atoms. The van der Waals surface area contributed by atoms with Gasteiger partial charge in [-0.25, -0.2) is 0 Å². The van der Waals surface area contributed by atoms with Gasteiger partial charge in [-0.15, -0.1) is 0 Å². The minimum absolute atomic E-state index is 0.0839. The lowest BCUT2D eigenvalue weighted by Gasteiger charge is -2.25. The van der Waals surface area contributed by atoms with Crippen LogP contribution in [0.4, 0.5) is 0 Å². The number of aliphatic carboxylic acids is 1. The summed E-state index contributed by atoms with van der Waals surface area (Å²) in [5.41, 5.74) is 0.227. The van der Waals surface area contributed by atoms with E-state index in [4.69, 9.17) is 19.3 Å². The molecule has 2 N–H and O–H groups in total. The third-order valence-electron chi connectivity index (χ3n) is 3.77. The van der Waals surface area contributed by atoms with Crippen LogP contribution in [0.25, 0.3) is 6.08 Å². The summed E-state index contributed by atoms with van der Waals surface area (Å²) in [4.78, 5) is 22.7. The molecule has 144 valence electrons. The summed E-state index contributed by atoms with van der Waals surface area (Å²) >= 11 is 0. The average Bonchev–Trinajstić information content (AvgIpc) is 2.57. The lowest BCUT2D eigenvalue weighted by Crippen LogP contribution is -2.42. The van der Waals surface area contributed by atoms with Crippen LogP contribution < -0.4 is 19.5 Å². The fourth-order valence-corrected chi connectivity index (χ4v) is 2.49. The Morgan fingerprint density at radius 1 is 1.12 bits per heavy atom. The summed E-state index contributed by atoms with van der Waals surface area (Å²) in [6, 6.07) is 3.48. The predicted octanol–water partition coefficient (Wildman–Crippen LogP) is 2.88. The zero-order valence-electron chi connectivity index (χ0n) is 15.9. The summed E-state index contributed by atoms with van der Waals surface area (Å²) in [6.07, 6.45) is 4.22. The van der Waals surface area contributed by atoms with Crippen molar-refractivity contribution in [3.63, 3.8) is 0 Å². The van der Waals surface area contributed by atoms with Crippen LogP contribution >= 0.6 is 0 Å². The number of amides is 1. The van der Waals surface area contributed by atoms with Gasteiger partial charge in [0.2, 0.25) is 11.7 Å². The Morgan fingerprint density at radius 3 is 2.15 bits per heavy atom. The minimum atomic E-state index is -0.838. The standard InChI is InChI=1S/C19H27NO6/c1-19(2,10-6-7-17(22)23)20-16(21)9-8-13-11-14(24-3)18(26-5)15(12-13)25-4/h8-9,11-12H,6-7,10H2,1-5H3,(H,20,21)(H,22,23). The van der Waals surface area contributed by atoms with Crippen molar-refractivity contribution in [2.45, 2.75) is 38.6 Å². The molecule has 0 radical (unpaired) electrons.